The van der Waals surface area contributed by atoms with Gasteiger partial charge in [0.05, 0.1) is 10.5 Å². The van der Waals surface area contributed by atoms with Crippen molar-refractivity contribution < 1.29 is 42.0 Å². The maximum Gasteiger partial charge on any atom is 0.416 e. The van der Waals surface area contributed by atoms with E-state index in [0.717, 1.165) is 18.6 Å². The Balaban J connectivity index is 1.43. The topological polar surface area (TPSA) is 160 Å². The van der Waals surface area contributed by atoms with Gasteiger partial charge in [-0.2, -0.15) is 13.2 Å². The molecule has 0 radical (unpaired) electrons. The molecule has 3 N–H and O–H groups in total. The Morgan fingerprint density at radius 2 is 1.67 bits per heavy atom. The van der Waals surface area contributed by atoms with Crippen molar-refractivity contribution in [1.29, 1.82) is 0 Å². The number of halogens is 3. The fourth-order valence-electron chi connectivity index (χ4n) is 6.35. The number of hydrogen-bond donors (Lipinski definition) is 3. The zero-order valence-corrected chi connectivity index (χ0v) is 27.2. The summed E-state index contributed by atoms with van der Waals surface area (Å²) in [5.41, 5.74) is -1.63. The summed E-state index contributed by atoms with van der Waals surface area (Å²) in [5, 5.41) is 18.9. The molecule has 2 aromatic rings. The van der Waals surface area contributed by atoms with Crippen molar-refractivity contribution in [1.82, 2.24) is 15.5 Å². The Labute approximate surface area is 275 Å². The number of nitro groups is 1. The van der Waals surface area contributed by atoms with Gasteiger partial charge >= 0.3 is 12.3 Å². The summed E-state index contributed by atoms with van der Waals surface area (Å²) in [5.74, 6) is -1.77. The Kier molecular flexibility index (Phi) is 10.7. The first-order valence-corrected chi connectivity index (χ1v) is 15.7. The van der Waals surface area contributed by atoms with Crippen molar-refractivity contribution in [2.75, 3.05) is 18.4 Å². The maximum absolute atomic E-state index is 13.9. The SMILES string of the molecule is C[C@H](NC(=O)C1CCCC12CCN(C(=O)[C@H](Cc1ccc(C(F)(F)F)cc1)NC(=O)OC(C)(C)C)C2)C(=O)Nc1ccc([N+](=O)[O-])cc1. The van der Waals surface area contributed by atoms with Crippen LogP contribution in [0, 0.1) is 21.4 Å². The van der Waals surface area contributed by atoms with Crippen LogP contribution in [0.25, 0.3) is 0 Å². The molecular formula is C33H40F3N5O7. The number of benzene rings is 2. The van der Waals surface area contributed by atoms with Gasteiger partial charge in [-0.25, -0.2) is 4.79 Å². The molecule has 12 nitrogen and oxygen atoms in total. The molecule has 4 rings (SSSR count). The minimum absolute atomic E-state index is 0.0784. The lowest BCUT2D eigenvalue weighted by Gasteiger charge is -2.32. The molecular weight excluding hydrogens is 635 g/mol. The van der Waals surface area contributed by atoms with Crippen molar-refractivity contribution in [2.45, 2.75) is 83.7 Å². The van der Waals surface area contributed by atoms with E-state index in [1.165, 1.54) is 43.3 Å². The first kappa shape index (κ1) is 36.2. The van der Waals surface area contributed by atoms with E-state index in [4.69, 9.17) is 4.74 Å². The molecule has 1 heterocycles. The van der Waals surface area contributed by atoms with E-state index in [0.29, 0.717) is 37.1 Å². The van der Waals surface area contributed by atoms with Crippen LogP contribution in [0.4, 0.5) is 29.3 Å². The fraction of sp³-hybridized carbons (Fsp3) is 0.515. The second-order valence-corrected chi connectivity index (χ2v) is 13.4. The number of rotatable bonds is 9. The minimum atomic E-state index is -4.52. The van der Waals surface area contributed by atoms with Crippen LogP contribution in [0.15, 0.2) is 48.5 Å². The van der Waals surface area contributed by atoms with E-state index < -0.39 is 63.6 Å². The number of alkyl carbamates (subject to hydrolysis) is 1. The number of nitrogens with zero attached hydrogens (tertiary/aromatic N) is 2. The van der Waals surface area contributed by atoms with Crippen molar-refractivity contribution in [3.8, 4) is 0 Å². The number of nitro benzene ring substituents is 1. The molecule has 48 heavy (non-hydrogen) atoms. The van der Waals surface area contributed by atoms with Gasteiger partial charge in [-0.05, 0) is 76.8 Å². The van der Waals surface area contributed by atoms with E-state index >= 15 is 0 Å². The lowest BCUT2D eigenvalue weighted by Crippen LogP contribution is -2.51. The van der Waals surface area contributed by atoms with Crippen LogP contribution in [0.1, 0.15) is 64.5 Å². The quantitative estimate of drug-likeness (QED) is 0.243. The zero-order valence-electron chi connectivity index (χ0n) is 27.2. The van der Waals surface area contributed by atoms with Gasteiger partial charge in [0.15, 0.2) is 0 Å². The number of carbonyl (C=O) groups is 4. The van der Waals surface area contributed by atoms with Crippen LogP contribution in [-0.4, -0.2) is 64.4 Å². The van der Waals surface area contributed by atoms with Gasteiger partial charge in [-0.1, -0.05) is 18.6 Å². The van der Waals surface area contributed by atoms with Crippen molar-refractivity contribution in [3.05, 3.63) is 69.8 Å². The number of hydrogen-bond acceptors (Lipinski definition) is 7. The summed E-state index contributed by atoms with van der Waals surface area (Å²) in [6, 6.07) is 7.61. The lowest BCUT2D eigenvalue weighted by atomic mass is 9.76. The third kappa shape index (κ3) is 9.01. The molecule has 1 saturated heterocycles. The van der Waals surface area contributed by atoms with Crippen LogP contribution < -0.4 is 16.0 Å². The average molecular weight is 676 g/mol. The highest BCUT2D eigenvalue weighted by atomic mass is 19.4. The van der Waals surface area contributed by atoms with Gasteiger partial charge in [0, 0.05) is 48.7 Å². The highest BCUT2D eigenvalue weighted by molar-refractivity contribution is 5.97. The van der Waals surface area contributed by atoms with Gasteiger partial charge in [0.1, 0.15) is 17.7 Å². The summed E-state index contributed by atoms with van der Waals surface area (Å²) in [7, 11) is 0. The van der Waals surface area contributed by atoms with Crippen molar-refractivity contribution in [3.63, 3.8) is 0 Å². The molecule has 4 atom stereocenters. The molecule has 2 unspecified atom stereocenters. The summed E-state index contributed by atoms with van der Waals surface area (Å²) in [4.78, 5) is 64.8. The molecule has 1 aliphatic heterocycles. The second kappa shape index (κ2) is 14.2. The van der Waals surface area contributed by atoms with Gasteiger partial charge in [0.2, 0.25) is 17.7 Å². The normalized spacial score (nSPS) is 20.6. The standard InChI is InChI=1S/C33H40F3N5O7/c1-20(27(42)38-23-11-13-24(14-12-23)41(46)47)37-28(43)25-6-5-15-32(25)16-17-40(19-32)29(44)26(39-30(45)48-31(2,3)4)18-21-7-9-22(10-8-21)33(34,35)36/h7-14,20,25-26H,5-6,15-19H2,1-4H3,(H,37,43)(H,38,42)(H,39,45)/t20-,25?,26-,32?/m0/s1. The molecule has 15 heteroatoms. The van der Waals surface area contributed by atoms with Crippen LogP contribution in [0.3, 0.4) is 0 Å². The fourth-order valence-corrected chi connectivity index (χ4v) is 6.35. The molecule has 0 aromatic heterocycles. The number of non-ortho nitro benzene ring substituents is 1. The monoisotopic (exact) mass is 675 g/mol. The predicted octanol–water partition coefficient (Wildman–Crippen LogP) is 5.21. The van der Waals surface area contributed by atoms with Gasteiger partial charge < -0.3 is 25.6 Å². The molecule has 2 aliphatic rings. The summed E-state index contributed by atoms with van der Waals surface area (Å²) >= 11 is 0. The number of carbonyl (C=O) groups excluding carboxylic acids is 4. The molecule has 0 bridgehead atoms. The van der Waals surface area contributed by atoms with Gasteiger partial charge in [-0.15, -0.1) is 0 Å². The van der Waals surface area contributed by atoms with E-state index in [1.807, 2.05) is 0 Å². The highest BCUT2D eigenvalue weighted by Crippen LogP contribution is 2.50. The Hall–Kier alpha value is -4.69. The first-order chi connectivity index (χ1) is 22.4. The third-order valence-electron chi connectivity index (χ3n) is 8.73. The largest absolute Gasteiger partial charge is 0.444 e. The van der Waals surface area contributed by atoms with E-state index in [2.05, 4.69) is 16.0 Å². The Morgan fingerprint density at radius 3 is 2.25 bits per heavy atom. The number of likely N-dealkylation sites (tertiary alicyclic amines) is 1. The first-order valence-electron chi connectivity index (χ1n) is 15.7. The smallest absolute Gasteiger partial charge is 0.416 e. The number of alkyl halides is 3. The number of nitrogens with one attached hydrogen (secondary N) is 3. The predicted molar refractivity (Wildman–Crippen MR) is 169 cm³/mol. The molecule has 2 fully saturated rings. The molecule has 1 aliphatic carbocycles. The summed E-state index contributed by atoms with van der Waals surface area (Å²) in [6.45, 7) is 7.04. The molecule has 4 amide bonds. The average Bonchev–Trinajstić information content (AvgIpc) is 3.62. The van der Waals surface area contributed by atoms with E-state index in [1.54, 1.807) is 25.7 Å². The number of anilines is 1. The van der Waals surface area contributed by atoms with E-state index in [9.17, 15) is 42.5 Å². The van der Waals surface area contributed by atoms with Gasteiger partial charge in [0.25, 0.3) is 5.69 Å². The zero-order chi connectivity index (χ0) is 35.4. The maximum atomic E-state index is 13.9. The molecule has 1 saturated carbocycles. The highest BCUT2D eigenvalue weighted by Gasteiger charge is 2.52. The second-order valence-electron chi connectivity index (χ2n) is 13.4. The van der Waals surface area contributed by atoms with Crippen molar-refractivity contribution in [2.24, 2.45) is 11.3 Å². The van der Waals surface area contributed by atoms with Crippen LogP contribution >= 0.6 is 0 Å². The van der Waals surface area contributed by atoms with E-state index in [-0.39, 0.29) is 24.6 Å². The lowest BCUT2D eigenvalue weighted by molar-refractivity contribution is -0.384. The molecule has 260 valence electrons. The summed E-state index contributed by atoms with van der Waals surface area (Å²) in [6.07, 6.45) is -2.98. The Morgan fingerprint density at radius 1 is 1.02 bits per heavy atom. The Bertz CT molecular complexity index is 1530. The van der Waals surface area contributed by atoms with Crippen molar-refractivity contribution >= 4 is 35.2 Å². The third-order valence-corrected chi connectivity index (χ3v) is 8.73. The number of amides is 4. The van der Waals surface area contributed by atoms with Crippen LogP contribution in [-0.2, 0) is 31.7 Å². The van der Waals surface area contributed by atoms with Crippen LogP contribution in [0.2, 0.25) is 0 Å². The minimum Gasteiger partial charge on any atom is -0.444 e. The molecule has 1 spiro atoms. The van der Waals surface area contributed by atoms with Crippen LogP contribution in [0.5, 0.6) is 0 Å². The van der Waals surface area contributed by atoms with Gasteiger partial charge in [-0.3, -0.25) is 24.5 Å². The number of ether oxygens (including phenoxy) is 1. The summed E-state index contributed by atoms with van der Waals surface area (Å²) < 4.78 is 44.7. The molecule has 2 aromatic carbocycles.